The number of aromatic nitrogens is 6. The summed E-state index contributed by atoms with van der Waals surface area (Å²) in [6.07, 6.45) is 6.09. The van der Waals surface area contributed by atoms with Gasteiger partial charge in [0.15, 0.2) is 52.5 Å². The summed E-state index contributed by atoms with van der Waals surface area (Å²) >= 11 is 39.7. The maximum atomic E-state index is 13.3. The molecule has 6 aromatic heterocycles. The highest BCUT2D eigenvalue weighted by molar-refractivity contribution is 9.10. The fraction of sp³-hybridized carbons (Fsp3) is 0.523. The molecule has 35 nitrogen and oxygen atoms in total. The zero-order valence-electron chi connectivity index (χ0n) is 87.8. The molecule has 0 aliphatic carbocycles. The molecular formula is C107H137BrCl6N14O21S. The van der Waals surface area contributed by atoms with E-state index in [2.05, 4.69) is 60.5 Å². The monoisotopic (exact) mass is 2270 g/mol. The topological polar surface area (TPSA) is 413 Å². The van der Waals surface area contributed by atoms with E-state index in [0.29, 0.717) is 159 Å². The van der Waals surface area contributed by atoms with Crippen molar-refractivity contribution in [2.45, 2.75) is 201 Å². The second-order valence-corrected chi connectivity index (χ2v) is 45.9. The minimum Gasteiger partial charge on any atom is -0.493 e. The third-order valence-electron chi connectivity index (χ3n) is 29.4. The highest BCUT2D eigenvalue weighted by Crippen LogP contribution is 2.52. The maximum absolute atomic E-state index is 13.3. The predicted octanol–water partition coefficient (Wildman–Crippen LogP) is 14.4. The van der Waals surface area contributed by atoms with Gasteiger partial charge in [-0.05, 0) is 221 Å². The summed E-state index contributed by atoms with van der Waals surface area (Å²) in [7, 11) is 1.43. The molecule has 0 spiro atoms. The van der Waals surface area contributed by atoms with Crippen molar-refractivity contribution < 1.29 is 101 Å². The average Bonchev–Trinajstić information content (AvgIpc) is 1.60. The van der Waals surface area contributed by atoms with Gasteiger partial charge in [0.25, 0.3) is 27.8 Å². The average molecular weight is 2280 g/mol. The molecule has 0 bridgehead atoms. The van der Waals surface area contributed by atoms with Gasteiger partial charge in [0.2, 0.25) is 0 Å². The molecule has 0 unspecified atom stereocenters. The van der Waals surface area contributed by atoms with E-state index < -0.39 is 81.3 Å². The number of pyridine rings is 6. The molecule has 18 rings (SSSR count). The Hall–Kier alpha value is -9.46. The van der Waals surface area contributed by atoms with Gasteiger partial charge in [-0.3, -0.25) is 18.6 Å². The molecule has 816 valence electrons. The molecule has 9 fully saturated rings. The Morgan fingerprint density at radius 2 is 0.713 bits per heavy atom. The smallest absolute Gasteiger partial charge is 0.264 e. The SMILES string of the molecule is CC[C@H](O)C(=O)N1C[C@@H](c2ccc(OC)c(OC3CN(c4cc(Cl)c(C)cn4)C3)c2)[C@](C)([C@@H](C)O)C1.COc1ccc([C@@H]2CN(C(=O)[C@@H](O)CO)C[C@@]2(C)[C@@H](C)O)cc1OC1CN(c2cc(Cl)c(C)cn2)C1.COc1ccc([C@@H]2CN(C(=O)[C@@H]3COC(C)(C)O3)C[C@@]2(C)[C@@H](C)O)cc1OC1CN(c2cc(Cl)c(C)cn2)C1.Cc1cnc(Br)cc1Cl.Cc1cnc(N2CC(O)C2)cc1Cl.Cc1cnc(N2CC(OS(C)(=O)=O)C2)cc1Cl. The second-order valence-electron chi connectivity index (χ2n) is 41.1. The lowest BCUT2D eigenvalue weighted by Crippen LogP contribution is -2.54. The Labute approximate surface area is 915 Å². The highest BCUT2D eigenvalue weighted by atomic mass is 79.9. The predicted molar refractivity (Wildman–Crippen MR) is 582 cm³/mol. The number of likely N-dealkylation sites (tertiary alicyclic amines) is 3. The Bertz CT molecular complexity index is 6180. The van der Waals surface area contributed by atoms with Gasteiger partial charge in [-0.15, -0.1) is 0 Å². The fourth-order valence-corrected chi connectivity index (χ4v) is 20.9. The van der Waals surface area contributed by atoms with Gasteiger partial charge in [-0.2, -0.15) is 8.42 Å². The first-order valence-corrected chi connectivity index (χ1v) is 54.6. The number of anilines is 5. The Morgan fingerprint density at radius 1 is 0.427 bits per heavy atom. The number of rotatable bonds is 27. The van der Waals surface area contributed by atoms with E-state index in [1.165, 1.54) is 4.90 Å². The van der Waals surface area contributed by atoms with Crippen molar-refractivity contribution in [3.63, 3.8) is 0 Å². The molecule has 0 radical (unpaired) electrons. The van der Waals surface area contributed by atoms with E-state index >= 15 is 0 Å². The summed E-state index contributed by atoms with van der Waals surface area (Å²) in [5, 5.41) is 74.7. The van der Waals surface area contributed by atoms with Gasteiger partial charge in [-0.1, -0.05) is 115 Å². The number of carbonyl (C=O) groups is 3. The van der Waals surface area contributed by atoms with Crippen LogP contribution in [0, 0.1) is 57.8 Å². The molecule has 9 aliphatic rings. The number of nitrogens with zero attached hydrogens (tertiary/aromatic N) is 14. The van der Waals surface area contributed by atoms with Crippen molar-refractivity contribution in [1.82, 2.24) is 44.6 Å². The standard InChI is InChI=1S/C29H38ClN3O6.C27H36ClN3O5.C26H34ClN3O6.C10H13ClN2O3S.C9H11ClN2O.C6H5BrClN/c1-17-11-31-26(10-22(17)30)32-12-20(13-32)38-24-9-19(7-8-23(24)36-6)21-14-33(16-29(21,5)18(2)34)27(35)25-15-37-28(3,4)39-25;1-6-22(33)26(34)31-14-20(27(4,15-31)17(3)32)18-7-8-23(35-5)24(9-18)36-19-12-30(13-19)25-10-21(28)16(2)11-29-25;1-15-9-28-24(8-20(15)27)29-10-18(11-29)36-23-7-17(5-6-22(23)35-4)19-12-30(25(34)21(33)13-31)14-26(19,3)16(2)32;1-7-4-12-10(3-9(7)11)13-5-8(6-13)16-17(2,14)15;1-6-3-11-9(2-8(6)10)12-4-7(13)5-12;1-4-3-9-6(7)2-5(4)8/h7-11,18,20-21,25,34H,12-16H2,1-6H3;7-11,17,19-20,22,32-33H,6,12-15H2,1-5H3;5-9,16,18-19,21,31-33H,10-14H2,1-4H3;3-4,8H,5-6H2,1-2H3;2-3,7,13H,4-5H2,1H3;2-3H,1H3/t18-,21+,25+,29+;17-,20+,22+,27+;16-,19+,21+,26+;;;/m111.../s1. The van der Waals surface area contributed by atoms with Gasteiger partial charge in [0.05, 0.1) is 104 Å². The number of amides is 3. The van der Waals surface area contributed by atoms with Crippen LogP contribution in [-0.2, 0) is 38.2 Å². The summed E-state index contributed by atoms with van der Waals surface area (Å²) in [5.41, 5.74) is 6.76. The molecule has 7 N–H and O–H groups in total. The highest BCUT2D eigenvalue weighted by Gasteiger charge is 2.54. The summed E-state index contributed by atoms with van der Waals surface area (Å²) < 4.78 is 74.6. The lowest BCUT2D eigenvalue weighted by atomic mass is 9.72. The lowest BCUT2D eigenvalue weighted by molar-refractivity contribution is -0.159. The number of β-amino-alcohol motifs (C(OH)–C–C–N with tert-alkyl or cyclic N) is 1. The second kappa shape index (κ2) is 50.0. The molecule has 3 aromatic carbocycles. The van der Waals surface area contributed by atoms with Gasteiger partial charge < -0.3 is 113 Å². The number of benzene rings is 3. The fourth-order valence-electron chi connectivity index (χ4n) is 19.0. The number of ether oxygens (including phenoxy) is 8. The van der Waals surface area contributed by atoms with Crippen LogP contribution in [0.1, 0.15) is 137 Å². The molecule has 0 saturated carbocycles. The first kappa shape index (κ1) is 118. The maximum Gasteiger partial charge on any atom is 0.264 e. The Kier molecular flexibility index (Phi) is 39.2. The Balaban J connectivity index is 0.000000159. The first-order chi connectivity index (χ1) is 70.7. The number of aryl methyl sites for hydroxylation is 6. The molecule has 12 atom stereocenters. The number of hydrogen-bond acceptors (Lipinski definition) is 32. The van der Waals surface area contributed by atoms with Gasteiger partial charge in [-0.25, -0.2) is 29.9 Å². The summed E-state index contributed by atoms with van der Waals surface area (Å²) in [5.74, 6) is 5.57. The van der Waals surface area contributed by atoms with Crippen LogP contribution in [0.15, 0.2) is 133 Å². The van der Waals surface area contributed by atoms with E-state index in [1.54, 1.807) is 122 Å². The zero-order valence-corrected chi connectivity index (χ0v) is 94.7. The molecule has 9 aromatic rings. The van der Waals surface area contributed by atoms with Crippen LogP contribution in [0.4, 0.5) is 29.1 Å². The number of halogens is 7. The van der Waals surface area contributed by atoms with Crippen LogP contribution in [0.2, 0.25) is 30.1 Å². The van der Waals surface area contributed by atoms with Gasteiger partial charge in [0.1, 0.15) is 64.2 Å². The van der Waals surface area contributed by atoms with E-state index in [-0.39, 0.29) is 73.2 Å². The first-order valence-electron chi connectivity index (χ1n) is 49.7. The third kappa shape index (κ3) is 28.3. The van der Waals surface area contributed by atoms with Gasteiger partial charge >= 0.3 is 0 Å². The van der Waals surface area contributed by atoms with E-state index in [1.807, 2.05) is 151 Å². The van der Waals surface area contributed by atoms with Crippen LogP contribution in [0.5, 0.6) is 34.5 Å². The third-order valence-corrected chi connectivity index (χ3v) is 32.9. The quantitative estimate of drug-likeness (QED) is 0.0186. The largest absolute Gasteiger partial charge is 0.493 e. The van der Waals surface area contributed by atoms with Crippen LogP contribution in [0.3, 0.4) is 0 Å². The number of methoxy groups -OCH3 is 3. The number of hydrogen-bond donors (Lipinski definition) is 7. The summed E-state index contributed by atoms with van der Waals surface area (Å²) in [6, 6.07) is 28.3. The Morgan fingerprint density at radius 3 is 0.973 bits per heavy atom. The minimum atomic E-state index is -3.38. The van der Waals surface area contributed by atoms with E-state index in [4.69, 9.17) is 117 Å². The van der Waals surface area contributed by atoms with Crippen molar-refractivity contribution in [1.29, 1.82) is 0 Å². The minimum absolute atomic E-state index is 0.0382. The summed E-state index contributed by atoms with van der Waals surface area (Å²) in [4.78, 5) is 79.7. The van der Waals surface area contributed by atoms with E-state index in [9.17, 15) is 53.4 Å². The zero-order chi connectivity index (χ0) is 109. The summed E-state index contributed by atoms with van der Waals surface area (Å²) in [6.45, 7) is 36.2. The molecule has 3 amide bonds. The molecule has 9 saturated heterocycles. The van der Waals surface area contributed by atoms with Crippen molar-refractivity contribution >= 4 is 142 Å². The molecular weight excluding hydrogens is 2140 g/mol. The van der Waals surface area contributed by atoms with Crippen molar-refractivity contribution in [2.75, 3.05) is 170 Å². The van der Waals surface area contributed by atoms with E-state index in [0.717, 1.165) is 100 Å². The number of carbonyl (C=O) groups excluding carboxylic acids is 3. The van der Waals surface area contributed by atoms with Crippen LogP contribution >= 0.6 is 85.5 Å². The van der Waals surface area contributed by atoms with Crippen LogP contribution in [-0.4, -0.2) is 325 Å². The molecule has 9 aliphatic heterocycles. The molecule has 150 heavy (non-hydrogen) atoms. The van der Waals surface area contributed by atoms with Crippen LogP contribution < -0.4 is 52.9 Å². The number of aliphatic hydroxyl groups is 7. The normalized spacial score (nSPS) is 22.6. The van der Waals surface area contributed by atoms with Gasteiger partial charge in [0, 0.05) is 167 Å². The number of aliphatic hydroxyl groups excluding tert-OH is 7. The van der Waals surface area contributed by atoms with Crippen molar-refractivity contribution in [2.24, 2.45) is 16.2 Å². The lowest BCUT2D eigenvalue weighted by Gasteiger charge is -2.40. The van der Waals surface area contributed by atoms with Crippen LogP contribution in [0.25, 0.3) is 0 Å². The van der Waals surface area contributed by atoms with Crippen molar-refractivity contribution in [3.8, 4) is 34.5 Å². The molecule has 43 heteroatoms. The molecule has 15 heterocycles. The van der Waals surface area contributed by atoms with Crippen molar-refractivity contribution in [3.05, 3.63) is 213 Å².